The second kappa shape index (κ2) is 3.36. The predicted molar refractivity (Wildman–Crippen MR) is 73.4 cm³/mol. The highest BCUT2D eigenvalue weighted by molar-refractivity contribution is 9.12. The minimum atomic E-state index is 0.278. The third-order valence-electron chi connectivity index (χ3n) is 4.82. The lowest BCUT2D eigenvalue weighted by atomic mass is 9.67. The number of benzene rings is 1. The van der Waals surface area contributed by atoms with Gasteiger partial charge in [0.15, 0.2) is 0 Å². The number of fused-ring (bicyclic) bond motifs is 1. The van der Waals surface area contributed by atoms with E-state index in [1.807, 2.05) is 0 Å². The van der Waals surface area contributed by atoms with Crippen molar-refractivity contribution in [2.75, 3.05) is 0 Å². The summed E-state index contributed by atoms with van der Waals surface area (Å²) in [6, 6.07) is 11.3. The van der Waals surface area contributed by atoms with Crippen LogP contribution in [0.25, 0.3) is 0 Å². The highest BCUT2D eigenvalue weighted by Crippen LogP contribution is 2.72. The van der Waals surface area contributed by atoms with Crippen LogP contribution in [0.4, 0.5) is 0 Å². The van der Waals surface area contributed by atoms with Crippen LogP contribution in [0.3, 0.4) is 0 Å². The Labute approximate surface area is 117 Å². The zero-order valence-corrected chi connectivity index (χ0v) is 12.2. The van der Waals surface area contributed by atoms with E-state index in [9.17, 15) is 5.26 Å². The van der Waals surface area contributed by atoms with E-state index in [1.165, 1.54) is 11.1 Å². The van der Waals surface area contributed by atoms with Crippen LogP contribution in [0.5, 0.6) is 0 Å². The molecule has 3 heteroatoms. The van der Waals surface area contributed by atoms with Crippen LogP contribution in [-0.2, 0) is 0 Å². The van der Waals surface area contributed by atoms with E-state index >= 15 is 0 Å². The van der Waals surface area contributed by atoms with Gasteiger partial charge in [-0.1, -0.05) is 56.1 Å². The maximum atomic E-state index is 9.27. The molecule has 0 aliphatic heterocycles. The van der Waals surface area contributed by atoms with E-state index in [0.717, 1.165) is 0 Å². The molecule has 0 heterocycles. The van der Waals surface area contributed by atoms with Crippen LogP contribution in [0.1, 0.15) is 23.0 Å². The van der Waals surface area contributed by atoms with Crippen LogP contribution >= 0.6 is 31.9 Å². The quantitative estimate of drug-likeness (QED) is 0.651. The van der Waals surface area contributed by atoms with Gasteiger partial charge in [-0.2, -0.15) is 5.26 Å². The highest BCUT2D eigenvalue weighted by atomic mass is 79.9. The van der Waals surface area contributed by atoms with Crippen molar-refractivity contribution < 1.29 is 0 Å². The molecule has 0 saturated heterocycles. The maximum absolute atomic E-state index is 9.27. The Morgan fingerprint density at radius 3 is 1.82 bits per heavy atom. The first-order chi connectivity index (χ1) is 8.25. The van der Waals surface area contributed by atoms with Gasteiger partial charge in [0.25, 0.3) is 0 Å². The standard InChI is InChI=1S/C14H11Br2N/c15-13-11-6-3-1-2-4-7(6)12(14(13)16)10-8(5-17)9(10)11/h1-4,8-14H/t8?,9-,10+,11+,12-,13-,14+. The van der Waals surface area contributed by atoms with Crippen molar-refractivity contribution in [1.82, 2.24) is 0 Å². The number of hydrogen-bond acceptors (Lipinski definition) is 1. The van der Waals surface area contributed by atoms with E-state index < -0.39 is 0 Å². The first-order valence-electron chi connectivity index (χ1n) is 6.02. The van der Waals surface area contributed by atoms with Gasteiger partial charge in [-0.25, -0.2) is 0 Å². The molecule has 1 aromatic carbocycles. The number of rotatable bonds is 0. The van der Waals surface area contributed by atoms with Gasteiger partial charge in [0, 0.05) is 21.5 Å². The number of hydrogen-bond donors (Lipinski definition) is 0. The van der Waals surface area contributed by atoms with E-state index in [4.69, 9.17) is 0 Å². The lowest BCUT2D eigenvalue weighted by molar-refractivity contribution is 0.366. The summed E-state index contributed by atoms with van der Waals surface area (Å²) in [4.78, 5) is 0.948. The lowest BCUT2D eigenvalue weighted by Crippen LogP contribution is -2.41. The minimum absolute atomic E-state index is 0.278. The maximum Gasteiger partial charge on any atom is 0.0662 e. The van der Waals surface area contributed by atoms with Crippen molar-refractivity contribution in [2.24, 2.45) is 17.8 Å². The average Bonchev–Trinajstić information content (AvgIpc) is 3.07. The summed E-state index contributed by atoms with van der Waals surface area (Å²) in [5.74, 6) is 2.52. The third kappa shape index (κ3) is 1.14. The molecule has 1 unspecified atom stereocenters. The van der Waals surface area contributed by atoms with Gasteiger partial charge in [-0.15, -0.1) is 0 Å². The summed E-state index contributed by atoms with van der Waals surface area (Å²) in [5.41, 5.74) is 2.96. The average molecular weight is 353 g/mol. The van der Waals surface area contributed by atoms with Crippen molar-refractivity contribution in [3.63, 3.8) is 0 Å². The predicted octanol–water partition coefficient (Wildman–Crippen LogP) is 3.79. The molecular formula is C14H11Br2N. The Hall–Kier alpha value is -0.330. The number of halogens is 2. The summed E-state index contributed by atoms with van der Waals surface area (Å²) in [5, 5.41) is 9.27. The molecule has 86 valence electrons. The van der Waals surface area contributed by atoms with Crippen LogP contribution < -0.4 is 0 Å². The normalized spacial score (nSPS) is 49.1. The molecule has 1 aromatic rings. The van der Waals surface area contributed by atoms with Crippen molar-refractivity contribution in [3.05, 3.63) is 35.4 Å². The topological polar surface area (TPSA) is 23.8 Å². The second-order valence-corrected chi connectivity index (χ2v) is 7.49. The van der Waals surface area contributed by atoms with E-state index in [1.54, 1.807) is 0 Å². The fraction of sp³-hybridized carbons (Fsp3) is 0.500. The Bertz CT molecular complexity index is 494. The molecule has 0 N–H and O–H groups in total. The molecule has 4 aliphatic rings. The minimum Gasteiger partial charge on any atom is -0.198 e. The zero-order valence-electron chi connectivity index (χ0n) is 9.05. The van der Waals surface area contributed by atoms with Crippen molar-refractivity contribution in [2.45, 2.75) is 21.5 Å². The number of alkyl halides is 2. The number of nitrogens with zero attached hydrogens (tertiary/aromatic N) is 1. The molecule has 2 bridgehead atoms. The first kappa shape index (κ1) is 10.6. The molecule has 2 fully saturated rings. The second-order valence-electron chi connectivity index (χ2n) is 5.38. The van der Waals surface area contributed by atoms with Gasteiger partial charge in [0.1, 0.15) is 0 Å². The van der Waals surface area contributed by atoms with Crippen LogP contribution in [0, 0.1) is 29.1 Å². The molecule has 17 heavy (non-hydrogen) atoms. The van der Waals surface area contributed by atoms with Crippen molar-refractivity contribution in [1.29, 1.82) is 5.26 Å². The first-order valence-corrected chi connectivity index (χ1v) is 7.85. The van der Waals surface area contributed by atoms with Gasteiger partial charge in [-0.05, 0) is 23.0 Å². The summed E-state index contributed by atoms with van der Waals surface area (Å²) in [7, 11) is 0. The molecule has 2 saturated carbocycles. The third-order valence-corrected chi connectivity index (χ3v) is 7.80. The molecule has 0 aromatic heterocycles. The Kier molecular flexibility index (Phi) is 2.09. The molecule has 0 radical (unpaired) electrons. The van der Waals surface area contributed by atoms with Crippen molar-refractivity contribution in [3.8, 4) is 6.07 Å². The largest absolute Gasteiger partial charge is 0.198 e. The molecule has 5 rings (SSSR count). The summed E-state index contributed by atoms with van der Waals surface area (Å²) in [6.07, 6.45) is 0. The van der Waals surface area contributed by atoms with Gasteiger partial charge < -0.3 is 0 Å². The highest BCUT2D eigenvalue weighted by Gasteiger charge is 2.68. The smallest absolute Gasteiger partial charge is 0.0662 e. The van der Waals surface area contributed by atoms with Crippen LogP contribution in [-0.4, -0.2) is 9.65 Å². The van der Waals surface area contributed by atoms with E-state index in [-0.39, 0.29) is 5.92 Å². The fourth-order valence-corrected chi connectivity index (χ4v) is 6.09. The molecular weight excluding hydrogens is 342 g/mol. The van der Waals surface area contributed by atoms with Gasteiger partial charge in [-0.3, -0.25) is 0 Å². The van der Waals surface area contributed by atoms with Gasteiger partial charge in [0.2, 0.25) is 0 Å². The van der Waals surface area contributed by atoms with Gasteiger partial charge in [0.05, 0.1) is 12.0 Å². The monoisotopic (exact) mass is 351 g/mol. The molecule has 0 spiro atoms. The van der Waals surface area contributed by atoms with Crippen LogP contribution in [0.15, 0.2) is 24.3 Å². The van der Waals surface area contributed by atoms with Crippen LogP contribution in [0.2, 0.25) is 0 Å². The van der Waals surface area contributed by atoms with E-state index in [0.29, 0.717) is 33.3 Å². The Morgan fingerprint density at radius 1 is 0.941 bits per heavy atom. The molecule has 7 atom stereocenters. The molecule has 1 nitrogen and oxygen atoms in total. The Balaban J connectivity index is 1.93. The number of nitriles is 1. The fourth-order valence-electron chi connectivity index (χ4n) is 4.15. The van der Waals surface area contributed by atoms with E-state index in [2.05, 4.69) is 62.2 Å². The SMILES string of the molecule is N#CC1[C@@H]2[C@H]3c4ccccc4[C@H]([C@@H](Br)[C@H]3Br)[C@H]12. The summed E-state index contributed by atoms with van der Waals surface area (Å²) >= 11 is 7.70. The summed E-state index contributed by atoms with van der Waals surface area (Å²) in [6.45, 7) is 0. The lowest BCUT2D eigenvalue weighted by Gasteiger charge is -2.44. The Morgan fingerprint density at radius 2 is 1.41 bits per heavy atom. The molecule has 0 amide bonds. The van der Waals surface area contributed by atoms with Gasteiger partial charge >= 0.3 is 0 Å². The summed E-state index contributed by atoms with van der Waals surface area (Å²) < 4.78 is 0. The van der Waals surface area contributed by atoms with Crippen molar-refractivity contribution >= 4 is 31.9 Å². The zero-order chi connectivity index (χ0) is 11.7. The molecule has 4 aliphatic carbocycles.